The van der Waals surface area contributed by atoms with Gasteiger partial charge in [0.05, 0.1) is 6.54 Å². The number of nitriles is 1. The summed E-state index contributed by atoms with van der Waals surface area (Å²) in [6.07, 6.45) is 1.57. The van der Waals surface area contributed by atoms with Crippen molar-refractivity contribution >= 4 is 0 Å². The molecule has 74 valence electrons. The van der Waals surface area contributed by atoms with Crippen molar-refractivity contribution in [2.24, 2.45) is 0 Å². The van der Waals surface area contributed by atoms with Crippen LogP contribution in [-0.4, -0.2) is 14.8 Å². The van der Waals surface area contributed by atoms with E-state index in [4.69, 9.17) is 5.26 Å². The number of aromatic nitrogens is 3. The van der Waals surface area contributed by atoms with Gasteiger partial charge in [-0.2, -0.15) is 5.26 Å². The predicted octanol–water partition coefficient (Wildman–Crippen LogP) is 1.51. The van der Waals surface area contributed by atoms with Gasteiger partial charge in [-0.25, -0.2) is 9.67 Å². The lowest BCUT2D eigenvalue weighted by molar-refractivity contribution is 0.682. The fourth-order valence-corrected chi connectivity index (χ4v) is 1.30. The van der Waals surface area contributed by atoms with Gasteiger partial charge in [-0.1, -0.05) is 29.8 Å². The van der Waals surface area contributed by atoms with Crippen LogP contribution >= 0.6 is 0 Å². The van der Waals surface area contributed by atoms with E-state index >= 15 is 0 Å². The van der Waals surface area contributed by atoms with E-state index in [0.29, 0.717) is 6.54 Å². The van der Waals surface area contributed by atoms with E-state index < -0.39 is 0 Å². The number of rotatable bonds is 2. The van der Waals surface area contributed by atoms with Crippen molar-refractivity contribution in [3.63, 3.8) is 0 Å². The Hall–Kier alpha value is -2.15. The van der Waals surface area contributed by atoms with Gasteiger partial charge in [0, 0.05) is 0 Å². The van der Waals surface area contributed by atoms with Crippen LogP contribution in [0.15, 0.2) is 30.6 Å². The van der Waals surface area contributed by atoms with Gasteiger partial charge < -0.3 is 0 Å². The topological polar surface area (TPSA) is 54.5 Å². The normalized spacial score (nSPS) is 9.87. The van der Waals surface area contributed by atoms with Gasteiger partial charge in [0.2, 0.25) is 0 Å². The molecule has 0 N–H and O–H groups in total. The Balaban J connectivity index is 2.15. The third-order valence-corrected chi connectivity index (χ3v) is 2.10. The lowest BCUT2D eigenvalue weighted by Gasteiger charge is -2.00. The molecular weight excluding hydrogens is 188 g/mol. The molecule has 0 aliphatic carbocycles. The highest BCUT2D eigenvalue weighted by molar-refractivity contribution is 5.21. The number of nitrogens with zero attached hydrogens (tertiary/aromatic N) is 4. The van der Waals surface area contributed by atoms with Gasteiger partial charge in [-0.05, 0) is 12.5 Å². The summed E-state index contributed by atoms with van der Waals surface area (Å²) in [6, 6.07) is 10.1. The summed E-state index contributed by atoms with van der Waals surface area (Å²) in [5.41, 5.74) is 2.38. The second-order valence-electron chi connectivity index (χ2n) is 3.36. The molecule has 0 amide bonds. The molecule has 1 aromatic carbocycles. The van der Waals surface area contributed by atoms with Crippen LogP contribution < -0.4 is 0 Å². The van der Waals surface area contributed by atoms with Crippen molar-refractivity contribution in [3.05, 3.63) is 47.5 Å². The van der Waals surface area contributed by atoms with Gasteiger partial charge >= 0.3 is 0 Å². The van der Waals surface area contributed by atoms with Crippen molar-refractivity contribution in [2.75, 3.05) is 0 Å². The second kappa shape index (κ2) is 3.93. The Labute approximate surface area is 87.8 Å². The van der Waals surface area contributed by atoms with Crippen molar-refractivity contribution in [1.29, 1.82) is 5.26 Å². The first-order valence-electron chi connectivity index (χ1n) is 4.63. The minimum absolute atomic E-state index is 0.210. The maximum absolute atomic E-state index is 8.57. The summed E-state index contributed by atoms with van der Waals surface area (Å²) < 4.78 is 1.66. The molecule has 2 aromatic rings. The Kier molecular flexibility index (Phi) is 2.46. The van der Waals surface area contributed by atoms with Crippen LogP contribution in [-0.2, 0) is 6.54 Å². The summed E-state index contributed by atoms with van der Waals surface area (Å²) in [6.45, 7) is 2.70. The van der Waals surface area contributed by atoms with Crippen molar-refractivity contribution in [2.45, 2.75) is 13.5 Å². The monoisotopic (exact) mass is 198 g/mol. The first-order valence-corrected chi connectivity index (χ1v) is 4.63. The van der Waals surface area contributed by atoms with Crippen LogP contribution in [0.2, 0.25) is 0 Å². The number of hydrogen-bond donors (Lipinski definition) is 0. The minimum atomic E-state index is 0.210. The lowest BCUT2D eigenvalue weighted by atomic mass is 10.1. The Morgan fingerprint density at radius 2 is 2.07 bits per heavy atom. The van der Waals surface area contributed by atoms with Crippen LogP contribution in [0.5, 0.6) is 0 Å². The molecule has 4 heteroatoms. The van der Waals surface area contributed by atoms with Crippen LogP contribution in [0.25, 0.3) is 0 Å². The maximum Gasteiger partial charge on any atom is 0.252 e. The molecule has 0 atom stereocenters. The number of aryl methyl sites for hydroxylation is 1. The number of benzene rings is 1. The fourth-order valence-electron chi connectivity index (χ4n) is 1.30. The van der Waals surface area contributed by atoms with Crippen LogP contribution in [0.4, 0.5) is 0 Å². The SMILES string of the molecule is Cc1ccc(Cn2cnc(C#N)n2)cc1. The molecule has 0 aliphatic rings. The molecule has 0 bridgehead atoms. The summed E-state index contributed by atoms with van der Waals surface area (Å²) in [4.78, 5) is 3.84. The Bertz CT molecular complexity index is 490. The van der Waals surface area contributed by atoms with Crippen molar-refractivity contribution < 1.29 is 0 Å². The molecule has 1 aromatic heterocycles. The quantitative estimate of drug-likeness (QED) is 0.734. The highest BCUT2D eigenvalue weighted by Crippen LogP contribution is 2.04. The van der Waals surface area contributed by atoms with Gasteiger partial charge in [-0.3, -0.25) is 0 Å². The average molecular weight is 198 g/mol. The first-order chi connectivity index (χ1) is 7.28. The van der Waals surface area contributed by atoms with Crippen LogP contribution in [0, 0.1) is 18.3 Å². The third-order valence-electron chi connectivity index (χ3n) is 2.10. The Morgan fingerprint density at radius 3 is 2.67 bits per heavy atom. The molecule has 2 rings (SSSR count). The molecule has 0 saturated carbocycles. The van der Waals surface area contributed by atoms with Gasteiger partial charge in [0.1, 0.15) is 12.4 Å². The largest absolute Gasteiger partial charge is 0.252 e. The highest BCUT2D eigenvalue weighted by atomic mass is 15.3. The zero-order valence-corrected chi connectivity index (χ0v) is 8.38. The highest BCUT2D eigenvalue weighted by Gasteiger charge is 1.99. The molecule has 0 aliphatic heterocycles. The summed E-state index contributed by atoms with van der Waals surface area (Å²) in [7, 11) is 0. The van der Waals surface area contributed by atoms with Gasteiger partial charge in [0.25, 0.3) is 5.82 Å². The zero-order valence-electron chi connectivity index (χ0n) is 8.38. The second-order valence-corrected chi connectivity index (χ2v) is 3.36. The molecule has 0 spiro atoms. The molecule has 15 heavy (non-hydrogen) atoms. The first kappa shape index (κ1) is 9.41. The summed E-state index contributed by atoms with van der Waals surface area (Å²) in [5, 5.41) is 12.6. The van der Waals surface area contributed by atoms with E-state index in [1.165, 1.54) is 5.56 Å². The van der Waals surface area contributed by atoms with Gasteiger partial charge in [0.15, 0.2) is 0 Å². The van der Waals surface area contributed by atoms with Crippen molar-refractivity contribution in [1.82, 2.24) is 14.8 Å². The van der Waals surface area contributed by atoms with Crippen LogP contribution in [0.1, 0.15) is 17.0 Å². The summed E-state index contributed by atoms with van der Waals surface area (Å²) >= 11 is 0. The standard InChI is InChI=1S/C11H10N4/c1-9-2-4-10(5-3-9)7-15-8-13-11(6-12)14-15/h2-5,8H,7H2,1H3. The van der Waals surface area contributed by atoms with Gasteiger partial charge in [-0.15, -0.1) is 5.10 Å². The molecule has 0 radical (unpaired) electrons. The predicted molar refractivity (Wildman–Crippen MR) is 55.0 cm³/mol. The van der Waals surface area contributed by atoms with E-state index in [-0.39, 0.29) is 5.82 Å². The van der Waals surface area contributed by atoms with E-state index in [1.807, 2.05) is 25.1 Å². The van der Waals surface area contributed by atoms with E-state index in [1.54, 1.807) is 11.0 Å². The number of hydrogen-bond acceptors (Lipinski definition) is 3. The summed E-state index contributed by atoms with van der Waals surface area (Å²) in [5.74, 6) is 0.210. The van der Waals surface area contributed by atoms with Crippen LogP contribution in [0.3, 0.4) is 0 Å². The Morgan fingerprint density at radius 1 is 1.33 bits per heavy atom. The van der Waals surface area contributed by atoms with Crippen molar-refractivity contribution in [3.8, 4) is 6.07 Å². The fraction of sp³-hybridized carbons (Fsp3) is 0.182. The maximum atomic E-state index is 8.57. The zero-order chi connectivity index (χ0) is 10.7. The molecular formula is C11H10N4. The molecule has 0 fully saturated rings. The molecule has 0 unspecified atom stereocenters. The average Bonchev–Trinajstić information content (AvgIpc) is 2.69. The smallest absolute Gasteiger partial charge is 0.247 e. The minimum Gasteiger partial charge on any atom is -0.247 e. The third kappa shape index (κ3) is 2.20. The van der Waals surface area contributed by atoms with E-state index in [0.717, 1.165) is 5.56 Å². The van der Waals surface area contributed by atoms with E-state index in [9.17, 15) is 0 Å². The molecule has 4 nitrogen and oxygen atoms in total. The lowest BCUT2D eigenvalue weighted by Crippen LogP contribution is -2.00. The van der Waals surface area contributed by atoms with E-state index in [2.05, 4.69) is 22.2 Å². The molecule has 0 saturated heterocycles. The molecule has 1 heterocycles.